The van der Waals surface area contributed by atoms with Gasteiger partial charge in [-0.05, 0) is 12.8 Å². The summed E-state index contributed by atoms with van der Waals surface area (Å²) in [5.41, 5.74) is 0. The first-order valence-corrected chi connectivity index (χ1v) is 6.26. The predicted octanol–water partition coefficient (Wildman–Crippen LogP) is 1.23. The van der Waals surface area contributed by atoms with E-state index in [9.17, 15) is 0 Å². The zero-order valence-corrected chi connectivity index (χ0v) is 10.4. The van der Waals surface area contributed by atoms with E-state index in [4.69, 9.17) is 0 Å². The van der Waals surface area contributed by atoms with E-state index in [0.29, 0.717) is 0 Å². The van der Waals surface area contributed by atoms with Crippen LogP contribution in [0, 0.1) is 0 Å². The van der Waals surface area contributed by atoms with Crippen LogP contribution in [0.4, 0.5) is 0 Å². The van der Waals surface area contributed by atoms with Gasteiger partial charge >= 0.3 is 0 Å². The molecule has 0 amide bonds. The lowest BCUT2D eigenvalue weighted by atomic mass is 10.4. The van der Waals surface area contributed by atoms with Crippen LogP contribution in [0.5, 0.6) is 0 Å². The summed E-state index contributed by atoms with van der Waals surface area (Å²) in [6.07, 6.45) is 4.80. The molecule has 0 atom stereocenters. The van der Waals surface area contributed by atoms with Crippen molar-refractivity contribution in [1.29, 1.82) is 0 Å². The Morgan fingerprint density at radius 2 is 1.31 bits per heavy atom. The van der Waals surface area contributed by atoms with Crippen molar-refractivity contribution in [1.82, 2.24) is 9.80 Å². The number of nitrogens with zero attached hydrogens (tertiary/aromatic N) is 4. The molecule has 16 heavy (non-hydrogen) atoms. The molecule has 0 aromatic rings. The van der Waals surface area contributed by atoms with E-state index in [2.05, 4.69) is 33.9 Å². The number of aliphatic imine (C=N–C) groups is 2. The summed E-state index contributed by atoms with van der Waals surface area (Å²) in [4.78, 5) is 13.7. The minimum atomic E-state index is 0.844. The molecule has 0 N–H and O–H groups in total. The van der Waals surface area contributed by atoms with Crippen LogP contribution in [-0.4, -0.2) is 61.7 Å². The number of likely N-dealkylation sites (tertiary alicyclic amines) is 2. The highest BCUT2D eigenvalue weighted by molar-refractivity contribution is 5.84. The molecule has 2 fully saturated rings. The van der Waals surface area contributed by atoms with E-state index in [1.165, 1.54) is 24.5 Å². The lowest BCUT2D eigenvalue weighted by Crippen LogP contribution is -2.20. The van der Waals surface area contributed by atoms with Crippen LogP contribution in [0.1, 0.15) is 25.7 Å². The molecule has 0 bridgehead atoms. The van der Waals surface area contributed by atoms with Crippen LogP contribution in [0.25, 0.3) is 0 Å². The predicted molar refractivity (Wildman–Crippen MR) is 68.3 cm³/mol. The molecule has 0 aromatic carbocycles. The van der Waals surface area contributed by atoms with Crippen LogP contribution < -0.4 is 0 Å². The fourth-order valence-corrected chi connectivity index (χ4v) is 2.35. The summed E-state index contributed by atoms with van der Waals surface area (Å²) >= 11 is 0. The summed E-state index contributed by atoms with van der Waals surface area (Å²) < 4.78 is 0. The summed E-state index contributed by atoms with van der Waals surface area (Å²) in [7, 11) is 4.25. The first-order valence-electron chi connectivity index (χ1n) is 6.26. The molecule has 2 rings (SSSR count). The Hall–Kier alpha value is -1.06. The fourth-order valence-electron chi connectivity index (χ4n) is 2.35. The molecule has 0 aliphatic carbocycles. The van der Waals surface area contributed by atoms with Crippen molar-refractivity contribution < 1.29 is 0 Å². The maximum absolute atomic E-state index is 4.61. The number of hydrogen-bond acceptors (Lipinski definition) is 2. The zero-order valence-electron chi connectivity index (χ0n) is 10.4. The van der Waals surface area contributed by atoms with Crippen molar-refractivity contribution in [2.75, 3.05) is 40.3 Å². The lowest BCUT2D eigenvalue weighted by molar-refractivity contribution is 0.545. The van der Waals surface area contributed by atoms with Gasteiger partial charge in [0, 0.05) is 40.0 Å². The van der Waals surface area contributed by atoms with Crippen LogP contribution in [0.2, 0.25) is 0 Å². The fraction of sp³-hybridized carbons (Fsp3) is 0.833. The topological polar surface area (TPSA) is 31.2 Å². The van der Waals surface area contributed by atoms with Crippen molar-refractivity contribution in [3.8, 4) is 0 Å². The molecule has 0 aromatic heterocycles. The summed E-state index contributed by atoms with van der Waals surface area (Å²) in [5, 5.41) is 0. The van der Waals surface area contributed by atoms with Gasteiger partial charge in [-0.15, -0.1) is 0 Å². The highest BCUT2D eigenvalue weighted by atomic mass is 15.2. The summed E-state index contributed by atoms with van der Waals surface area (Å²) in [6.45, 7) is 4.01. The summed E-state index contributed by atoms with van der Waals surface area (Å²) in [6, 6.07) is 0. The molecular weight excluding hydrogens is 200 g/mol. The molecule has 2 aliphatic heterocycles. The highest BCUT2D eigenvalue weighted by Gasteiger charge is 2.14. The van der Waals surface area contributed by atoms with E-state index in [1.807, 2.05) is 0 Å². The van der Waals surface area contributed by atoms with Gasteiger partial charge < -0.3 is 9.80 Å². The van der Waals surface area contributed by atoms with Crippen molar-refractivity contribution in [2.24, 2.45) is 9.98 Å². The first-order chi connectivity index (χ1) is 7.77. The third-order valence-corrected chi connectivity index (χ3v) is 3.36. The normalized spacial score (nSPS) is 26.4. The van der Waals surface area contributed by atoms with Crippen LogP contribution >= 0.6 is 0 Å². The minimum Gasteiger partial charge on any atom is -0.363 e. The van der Waals surface area contributed by atoms with Crippen LogP contribution in [-0.2, 0) is 0 Å². The maximum Gasteiger partial charge on any atom is 0.0987 e. The first kappa shape index (κ1) is 11.4. The SMILES string of the molecule is CN1CCCC1=NCCN=C1CCCN1C. The average molecular weight is 222 g/mol. The molecule has 0 spiro atoms. The number of rotatable bonds is 3. The second kappa shape index (κ2) is 5.32. The molecule has 2 saturated heterocycles. The molecule has 90 valence electrons. The molecule has 0 saturated carbocycles. The van der Waals surface area contributed by atoms with Gasteiger partial charge in [0.15, 0.2) is 0 Å². The Morgan fingerprint density at radius 1 is 0.875 bits per heavy atom. The molecule has 0 unspecified atom stereocenters. The van der Waals surface area contributed by atoms with Crippen LogP contribution in [0.15, 0.2) is 9.98 Å². The molecular formula is C12H22N4. The minimum absolute atomic E-state index is 0.844. The Labute approximate surface area is 98.1 Å². The van der Waals surface area contributed by atoms with Crippen molar-refractivity contribution >= 4 is 11.7 Å². The van der Waals surface area contributed by atoms with Gasteiger partial charge in [0.05, 0.1) is 24.8 Å². The Bertz CT molecular complexity index is 265. The van der Waals surface area contributed by atoms with E-state index in [1.54, 1.807) is 0 Å². The largest absolute Gasteiger partial charge is 0.363 e. The third-order valence-electron chi connectivity index (χ3n) is 3.36. The second-order valence-corrected chi connectivity index (χ2v) is 4.65. The quantitative estimate of drug-likeness (QED) is 0.673. The van der Waals surface area contributed by atoms with Gasteiger partial charge in [0.2, 0.25) is 0 Å². The van der Waals surface area contributed by atoms with Gasteiger partial charge in [-0.1, -0.05) is 0 Å². The molecule has 4 heteroatoms. The van der Waals surface area contributed by atoms with Crippen molar-refractivity contribution in [3.05, 3.63) is 0 Å². The van der Waals surface area contributed by atoms with Crippen molar-refractivity contribution in [2.45, 2.75) is 25.7 Å². The third kappa shape index (κ3) is 2.74. The van der Waals surface area contributed by atoms with Gasteiger partial charge in [-0.2, -0.15) is 0 Å². The standard InChI is InChI=1S/C12H22N4/c1-15-9-3-5-11(15)13-7-8-14-12-6-4-10-16(12)2/h3-10H2,1-2H3. The van der Waals surface area contributed by atoms with Gasteiger partial charge in [-0.3, -0.25) is 9.98 Å². The average Bonchev–Trinajstić information content (AvgIpc) is 2.84. The van der Waals surface area contributed by atoms with E-state index in [0.717, 1.165) is 39.0 Å². The van der Waals surface area contributed by atoms with E-state index >= 15 is 0 Å². The zero-order chi connectivity index (χ0) is 11.4. The van der Waals surface area contributed by atoms with Crippen LogP contribution in [0.3, 0.4) is 0 Å². The highest BCUT2D eigenvalue weighted by Crippen LogP contribution is 2.10. The molecule has 2 heterocycles. The Morgan fingerprint density at radius 3 is 1.62 bits per heavy atom. The Balaban J connectivity index is 1.75. The van der Waals surface area contributed by atoms with Gasteiger partial charge in [-0.25, -0.2) is 0 Å². The van der Waals surface area contributed by atoms with Gasteiger partial charge in [0.25, 0.3) is 0 Å². The second-order valence-electron chi connectivity index (χ2n) is 4.65. The van der Waals surface area contributed by atoms with Gasteiger partial charge in [0.1, 0.15) is 0 Å². The molecule has 4 nitrogen and oxygen atoms in total. The maximum atomic E-state index is 4.61. The summed E-state index contributed by atoms with van der Waals surface area (Å²) in [5.74, 6) is 2.53. The van der Waals surface area contributed by atoms with Crippen molar-refractivity contribution in [3.63, 3.8) is 0 Å². The molecule has 2 aliphatic rings. The van der Waals surface area contributed by atoms with E-state index in [-0.39, 0.29) is 0 Å². The number of amidine groups is 2. The molecule has 0 radical (unpaired) electrons. The smallest absolute Gasteiger partial charge is 0.0987 e. The lowest BCUT2D eigenvalue weighted by Gasteiger charge is -2.12. The monoisotopic (exact) mass is 222 g/mol. The Kier molecular flexibility index (Phi) is 3.80. The number of hydrogen-bond donors (Lipinski definition) is 0. The van der Waals surface area contributed by atoms with E-state index < -0.39 is 0 Å².